The van der Waals surface area contributed by atoms with Gasteiger partial charge in [-0.15, -0.1) is 0 Å². The maximum absolute atomic E-state index is 4.63. The van der Waals surface area contributed by atoms with E-state index in [1.165, 1.54) is 31.4 Å². The van der Waals surface area contributed by atoms with Crippen molar-refractivity contribution in [2.75, 3.05) is 0 Å². The summed E-state index contributed by atoms with van der Waals surface area (Å²) in [7, 11) is 0. The average Bonchev–Trinajstić information content (AvgIpc) is 3.07. The van der Waals surface area contributed by atoms with Crippen molar-refractivity contribution in [2.24, 2.45) is 0 Å². The van der Waals surface area contributed by atoms with E-state index in [9.17, 15) is 0 Å². The highest BCUT2D eigenvalue weighted by Crippen LogP contribution is 2.48. The number of hydrogen-bond donors (Lipinski definition) is 0. The lowest BCUT2D eigenvalue weighted by Crippen LogP contribution is -2.03. The van der Waals surface area contributed by atoms with Gasteiger partial charge < -0.3 is 0 Å². The molecule has 0 radical (unpaired) electrons. The third kappa shape index (κ3) is 1.68. The molecular weight excluding hydrogens is 182 g/mol. The number of hydrogen-bond acceptors (Lipinski definition) is 1. The summed E-state index contributed by atoms with van der Waals surface area (Å²) in [6, 6.07) is 2.26. The molecule has 3 rings (SSSR count). The van der Waals surface area contributed by atoms with E-state index in [-0.39, 0.29) is 0 Å². The van der Waals surface area contributed by atoms with Crippen molar-refractivity contribution in [3.63, 3.8) is 0 Å². The summed E-state index contributed by atoms with van der Waals surface area (Å²) in [5.41, 5.74) is 4.62. The van der Waals surface area contributed by atoms with E-state index in [2.05, 4.69) is 24.9 Å². The molecule has 0 saturated heterocycles. The molecule has 0 N–H and O–H groups in total. The largest absolute Gasteiger partial charge is 0.261 e. The van der Waals surface area contributed by atoms with Gasteiger partial charge in [0, 0.05) is 17.8 Å². The summed E-state index contributed by atoms with van der Waals surface area (Å²) in [4.78, 5) is 4.63. The van der Waals surface area contributed by atoms with Gasteiger partial charge in [-0.3, -0.25) is 4.98 Å². The molecule has 0 bridgehead atoms. The van der Waals surface area contributed by atoms with Crippen LogP contribution in [0.5, 0.6) is 0 Å². The van der Waals surface area contributed by atoms with Crippen LogP contribution in [0.4, 0.5) is 0 Å². The Labute approximate surface area is 91.9 Å². The Balaban J connectivity index is 2.08. The Morgan fingerprint density at radius 1 is 1.13 bits per heavy atom. The molecule has 2 saturated carbocycles. The molecule has 0 spiro atoms. The molecule has 0 amide bonds. The van der Waals surface area contributed by atoms with Gasteiger partial charge in [0.2, 0.25) is 0 Å². The molecule has 80 valence electrons. The zero-order chi connectivity index (χ0) is 10.4. The minimum atomic E-state index is 0.643. The van der Waals surface area contributed by atoms with Gasteiger partial charge in [-0.05, 0) is 54.7 Å². The molecule has 2 aliphatic rings. The first-order valence-electron chi connectivity index (χ1n) is 6.26. The van der Waals surface area contributed by atoms with Crippen LogP contribution < -0.4 is 0 Å². The van der Waals surface area contributed by atoms with Crippen molar-refractivity contribution < 1.29 is 0 Å². The highest BCUT2D eigenvalue weighted by molar-refractivity contribution is 5.40. The van der Waals surface area contributed by atoms with Crippen molar-refractivity contribution in [3.05, 3.63) is 29.1 Å². The van der Waals surface area contributed by atoms with Crippen LogP contribution in [0.25, 0.3) is 0 Å². The maximum atomic E-state index is 4.63. The minimum absolute atomic E-state index is 0.643. The second-order valence-corrected chi connectivity index (χ2v) is 5.40. The fourth-order valence-electron chi connectivity index (χ4n) is 2.57. The van der Waals surface area contributed by atoms with Crippen LogP contribution in [-0.4, -0.2) is 4.98 Å². The van der Waals surface area contributed by atoms with Crippen LogP contribution in [0.2, 0.25) is 0 Å². The maximum Gasteiger partial charge on any atom is 0.0471 e. The second-order valence-electron chi connectivity index (χ2n) is 5.40. The zero-order valence-corrected chi connectivity index (χ0v) is 9.66. The molecule has 0 aliphatic heterocycles. The summed E-state index contributed by atoms with van der Waals surface area (Å²) in [5.74, 6) is 2.30. The Morgan fingerprint density at radius 3 is 2.33 bits per heavy atom. The normalized spacial score (nSPS) is 21.0. The summed E-state index contributed by atoms with van der Waals surface area (Å²) in [5, 5.41) is 0. The predicted molar refractivity (Wildman–Crippen MR) is 62.3 cm³/mol. The molecular formula is C14H19N. The van der Waals surface area contributed by atoms with Crippen molar-refractivity contribution in [3.8, 4) is 0 Å². The molecule has 0 unspecified atom stereocenters. The Morgan fingerprint density at radius 2 is 1.80 bits per heavy atom. The van der Waals surface area contributed by atoms with Gasteiger partial charge >= 0.3 is 0 Å². The van der Waals surface area contributed by atoms with Gasteiger partial charge in [0.05, 0.1) is 0 Å². The summed E-state index contributed by atoms with van der Waals surface area (Å²) >= 11 is 0. The van der Waals surface area contributed by atoms with Crippen LogP contribution in [-0.2, 0) is 0 Å². The van der Waals surface area contributed by atoms with E-state index in [0.29, 0.717) is 5.92 Å². The molecule has 1 heterocycles. The summed E-state index contributed by atoms with van der Waals surface area (Å²) < 4.78 is 0. The van der Waals surface area contributed by atoms with E-state index in [0.717, 1.165) is 11.8 Å². The predicted octanol–water partition coefficient (Wildman–Crippen LogP) is 3.96. The van der Waals surface area contributed by atoms with Crippen LogP contribution >= 0.6 is 0 Å². The van der Waals surface area contributed by atoms with E-state index in [1.807, 2.05) is 6.20 Å². The van der Waals surface area contributed by atoms with Crippen LogP contribution in [0.3, 0.4) is 0 Å². The summed E-state index contributed by atoms with van der Waals surface area (Å²) in [6.45, 7) is 4.63. The monoisotopic (exact) mass is 201 g/mol. The fourth-order valence-corrected chi connectivity index (χ4v) is 2.57. The van der Waals surface area contributed by atoms with E-state index < -0.39 is 0 Å². The van der Waals surface area contributed by atoms with Crippen LogP contribution in [0, 0.1) is 0 Å². The van der Waals surface area contributed by atoms with Crippen LogP contribution in [0.1, 0.15) is 74.1 Å². The van der Waals surface area contributed by atoms with E-state index >= 15 is 0 Å². The highest BCUT2D eigenvalue weighted by Gasteiger charge is 2.33. The zero-order valence-electron chi connectivity index (χ0n) is 9.66. The first-order chi connectivity index (χ1) is 7.27. The Kier molecular flexibility index (Phi) is 2.08. The average molecular weight is 201 g/mol. The first kappa shape index (κ1) is 9.38. The SMILES string of the molecule is CC(C)c1c(C2CC2)ccnc1C1CC1. The molecule has 1 nitrogen and oxygen atoms in total. The van der Waals surface area contributed by atoms with Crippen molar-refractivity contribution in [1.29, 1.82) is 0 Å². The van der Waals surface area contributed by atoms with Crippen LogP contribution in [0.15, 0.2) is 12.3 Å². The number of aromatic nitrogens is 1. The molecule has 1 heteroatoms. The topological polar surface area (TPSA) is 12.9 Å². The van der Waals surface area contributed by atoms with Crippen molar-refractivity contribution in [2.45, 2.75) is 57.3 Å². The first-order valence-corrected chi connectivity index (χ1v) is 6.26. The molecule has 1 aromatic rings. The quantitative estimate of drug-likeness (QED) is 0.721. The highest BCUT2D eigenvalue weighted by atomic mass is 14.7. The fraction of sp³-hybridized carbons (Fsp3) is 0.643. The Hall–Kier alpha value is -0.850. The lowest BCUT2D eigenvalue weighted by Gasteiger charge is -2.16. The van der Waals surface area contributed by atoms with Gasteiger partial charge in [0.25, 0.3) is 0 Å². The van der Waals surface area contributed by atoms with Gasteiger partial charge in [0.1, 0.15) is 0 Å². The van der Waals surface area contributed by atoms with Crippen molar-refractivity contribution in [1.82, 2.24) is 4.98 Å². The standard InChI is InChI=1S/C14H19N/c1-9(2)13-12(10-3-4-10)7-8-15-14(13)11-5-6-11/h7-11H,3-6H2,1-2H3. The minimum Gasteiger partial charge on any atom is -0.261 e. The lowest BCUT2D eigenvalue weighted by atomic mass is 9.91. The Bertz CT molecular complexity index is 343. The third-order valence-corrected chi connectivity index (χ3v) is 3.61. The molecule has 0 aromatic carbocycles. The number of pyridine rings is 1. The van der Waals surface area contributed by atoms with Gasteiger partial charge in [-0.2, -0.15) is 0 Å². The molecule has 1 aromatic heterocycles. The van der Waals surface area contributed by atoms with E-state index in [4.69, 9.17) is 0 Å². The molecule has 15 heavy (non-hydrogen) atoms. The van der Waals surface area contributed by atoms with Gasteiger partial charge in [0.15, 0.2) is 0 Å². The lowest BCUT2D eigenvalue weighted by molar-refractivity contribution is 0.797. The summed E-state index contributed by atoms with van der Waals surface area (Å²) in [6.07, 6.45) is 7.55. The molecule has 2 fully saturated rings. The molecule has 2 aliphatic carbocycles. The second kappa shape index (κ2) is 3.33. The number of nitrogens with zero attached hydrogens (tertiary/aromatic N) is 1. The third-order valence-electron chi connectivity index (χ3n) is 3.61. The van der Waals surface area contributed by atoms with Gasteiger partial charge in [-0.25, -0.2) is 0 Å². The van der Waals surface area contributed by atoms with Crippen molar-refractivity contribution >= 4 is 0 Å². The van der Waals surface area contributed by atoms with Gasteiger partial charge in [-0.1, -0.05) is 13.8 Å². The smallest absolute Gasteiger partial charge is 0.0471 e. The molecule has 0 atom stereocenters. The van der Waals surface area contributed by atoms with E-state index in [1.54, 1.807) is 11.1 Å². The number of rotatable bonds is 3.